The fourth-order valence-electron chi connectivity index (χ4n) is 0.805. The zero-order valence-electron chi connectivity index (χ0n) is 6.60. The number of nitrogens with one attached hydrogen (secondary N) is 1. The van der Waals surface area contributed by atoms with Gasteiger partial charge in [-0.1, -0.05) is 6.07 Å². The predicted octanol–water partition coefficient (Wildman–Crippen LogP) is 2.86. The van der Waals surface area contributed by atoms with E-state index in [2.05, 4.69) is 37.3 Å². The molecule has 0 saturated heterocycles. The largest absolute Gasteiger partial charge is 0.305 e. The molecule has 0 radical (unpaired) electrons. The minimum Gasteiger partial charge on any atom is -0.305 e. The number of rotatable bonds is 3. The van der Waals surface area contributed by atoms with E-state index in [0.29, 0.717) is 6.54 Å². The molecular weight excluding hydrogens is 286 g/mol. The lowest BCUT2D eigenvalue weighted by Gasteiger charge is -2.03. The van der Waals surface area contributed by atoms with Crippen molar-refractivity contribution in [3.63, 3.8) is 0 Å². The third-order valence-electron chi connectivity index (χ3n) is 1.40. The zero-order valence-corrected chi connectivity index (χ0v) is 9.78. The minimum atomic E-state index is 0.711. The average molecular weight is 295 g/mol. The summed E-state index contributed by atoms with van der Waals surface area (Å²) in [5.74, 6) is 0. The second-order valence-electron chi connectivity index (χ2n) is 2.27. The first kappa shape index (κ1) is 10.2. The standard InChI is InChI=1S/C8H9Br2NO/c1-12-11-5-6-2-3-7(9)8(10)4-6/h2-4,11H,5H2,1H3. The molecule has 0 fully saturated rings. The summed E-state index contributed by atoms with van der Waals surface area (Å²) in [5, 5.41) is 0. The molecule has 1 N–H and O–H groups in total. The summed E-state index contributed by atoms with van der Waals surface area (Å²) in [6.45, 7) is 0.711. The van der Waals surface area contributed by atoms with Gasteiger partial charge in [-0.15, -0.1) is 0 Å². The number of hydrogen-bond donors (Lipinski definition) is 1. The molecule has 12 heavy (non-hydrogen) atoms. The van der Waals surface area contributed by atoms with Crippen LogP contribution < -0.4 is 5.48 Å². The van der Waals surface area contributed by atoms with Crippen molar-refractivity contribution in [3.8, 4) is 0 Å². The van der Waals surface area contributed by atoms with Crippen LogP contribution in [0.1, 0.15) is 5.56 Å². The Labute approximate surface area is 88.5 Å². The highest BCUT2D eigenvalue weighted by atomic mass is 79.9. The molecule has 0 atom stereocenters. The summed E-state index contributed by atoms with van der Waals surface area (Å²) in [6, 6.07) is 6.06. The first-order valence-corrected chi connectivity index (χ1v) is 5.02. The van der Waals surface area contributed by atoms with Crippen molar-refractivity contribution >= 4 is 31.9 Å². The quantitative estimate of drug-likeness (QED) is 0.866. The smallest absolute Gasteiger partial charge is 0.0572 e. The van der Waals surface area contributed by atoms with E-state index in [0.717, 1.165) is 8.95 Å². The molecular formula is C8H9Br2NO. The fourth-order valence-corrected chi connectivity index (χ4v) is 1.48. The monoisotopic (exact) mass is 293 g/mol. The Bertz CT molecular complexity index is 265. The Morgan fingerprint density at radius 3 is 2.67 bits per heavy atom. The molecule has 2 nitrogen and oxygen atoms in total. The van der Waals surface area contributed by atoms with Crippen LogP contribution in [0.4, 0.5) is 0 Å². The summed E-state index contributed by atoms with van der Waals surface area (Å²) in [5.41, 5.74) is 3.95. The highest BCUT2D eigenvalue weighted by Crippen LogP contribution is 2.23. The van der Waals surface area contributed by atoms with Crippen molar-refractivity contribution in [1.29, 1.82) is 0 Å². The summed E-state index contributed by atoms with van der Waals surface area (Å²) < 4.78 is 2.11. The highest BCUT2D eigenvalue weighted by molar-refractivity contribution is 9.13. The topological polar surface area (TPSA) is 21.3 Å². The Morgan fingerprint density at radius 1 is 1.33 bits per heavy atom. The maximum atomic E-state index is 4.74. The molecule has 66 valence electrons. The Kier molecular flexibility index (Phi) is 4.21. The van der Waals surface area contributed by atoms with Gasteiger partial charge in [0.05, 0.1) is 7.11 Å². The van der Waals surface area contributed by atoms with Gasteiger partial charge < -0.3 is 4.84 Å². The maximum Gasteiger partial charge on any atom is 0.0572 e. The second-order valence-corrected chi connectivity index (χ2v) is 3.98. The summed E-state index contributed by atoms with van der Waals surface area (Å²) >= 11 is 6.82. The molecule has 0 aliphatic heterocycles. The van der Waals surface area contributed by atoms with Gasteiger partial charge in [-0.05, 0) is 49.6 Å². The van der Waals surface area contributed by atoms with Crippen molar-refractivity contribution < 1.29 is 4.84 Å². The number of hydroxylamine groups is 1. The first-order chi connectivity index (χ1) is 5.74. The Balaban J connectivity index is 2.69. The van der Waals surface area contributed by atoms with Crippen LogP contribution in [0.25, 0.3) is 0 Å². The highest BCUT2D eigenvalue weighted by Gasteiger charge is 1.97. The fraction of sp³-hybridized carbons (Fsp3) is 0.250. The summed E-state index contributed by atoms with van der Waals surface area (Å²) in [7, 11) is 1.61. The van der Waals surface area contributed by atoms with Gasteiger partial charge in [0.1, 0.15) is 0 Å². The maximum absolute atomic E-state index is 4.74. The first-order valence-electron chi connectivity index (χ1n) is 3.44. The number of benzene rings is 1. The molecule has 0 aromatic heterocycles. The molecule has 0 aliphatic carbocycles. The predicted molar refractivity (Wildman–Crippen MR) is 55.7 cm³/mol. The molecule has 0 unspecified atom stereocenters. The minimum absolute atomic E-state index is 0.711. The molecule has 0 bridgehead atoms. The molecule has 1 aromatic rings. The van der Waals surface area contributed by atoms with Crippen LogP contribution in [0.3, 0.4) is 0 Å². The molecule has 0 aliphatic rings. The molecule has 0 heterocycles. The van der Waals surface area contributed by atoms with Crippen molar-refractivity contribution in [3.05, 3.63) is 32.7 Å². The van der Waals surface area contributed by atoms with E-state index in [-0.39, 0.29) is 0 Å². The Morgan fingerprint density at radius 2 is 2.08 bits per heavy atom. The summed E-state index contributed by atoms with van der Waals surface area (Å²) in [6.07, 6.45) is 0. The van der Waals surface area contributed by atoms with Crippen molar-refractivity contribution in [2.45, 2.75) is 6.54 Å². The van der Waals surface area contributed by atoms with Gasteiger partial charge in [0.15, 0.2) is 0 Å². The van der Waals surface area contributed by atoms with Gasteiger partial charge in [0.25, 0.3) is 0 Å². The molecule has 1 rings (SSSR count). The molecule has 0 spiro atoms. The van der Waals surface area contributed by atoms with Crippen LogP contribution in [-0.4, -0.2) is 7.11 Å². The van der Waals surface area contributed by atoms with Crippen LogP contribution in [0.2, 0.25) is 0 Å². The van der Waals surface area contributed by atoms with E-state index < -0.39 is 0 Å². The van der Waals surface area contributed by atoms with Gasteiger partial charge in [-0.3, -0.25) is 0 Å². The molecule has 0 saturated carbocycles. The van der Waals surface area contributed by atoms with E-state index in [1.165, 1.54) is 5.56 Å². The summed E-state index contributed by atoms with van der Waals surface area (Å²) in [4.78, 5) is 4.74. The zero-order chi connectivity index (χ0) is 8.97. The van der Waals surface area contributed by atoms with Crippen molar-refractivity contribution in [2.75, 3.05) is 7.11 Å². The van der Waals surface area contributed by atoms with E-state index in [4.69, 9.17) is 4.84 Å². The molecule has 4 heteroatoms. The normalized spacial score (nSPS) is 10.2. The molecule has 0 amide bonds. The van der Waals surface area contributed by atoms with Gasteiger partial charge in [-0.2, -0.15) is 5.48 Å². The van der Waals surface area contributed by atoms with E-state index in [1.807, 2.05) is 18.2 Å². The van der Waals surface area contributed by atoms with Crippen molar-refractivity contribution in [2.24, 2.45) is 0 Å². The van der Waals surface area contributed by atoms with Crippen LogP contribution in [-0.2, 0) is 11.4 Å². The lowest BCUT2D eigenvalue weighted by atomic mass is 10.2. The van der Waals surface area contributed by atoms with E-state index in [9.17, 15) is 0 Å². The van der Waals surface area contributed by atoms with Crippen LogP contribution >= 0.6 is 31.9 Å². The van der Waals surface area contributed by atoms with E-state index in [1.54, 1.807) is 7.11 Å². The number of halogens is 2. The van der Waals surface area contributed by atoms with Crippen molar-refractivity contribution in [1.82, 2.24) is 5.48 Å². The number of hydrogen-bond acceptors (Lipinski definition) is 2. The van der Waals surface area contributed by atoms with Gasteiger partial charge in [-0.25, -0.2) is 0 Å². The van der Waals surface area contributed by atoms with Crippen LogP contribution in [0.5, 0.6) is 0 Å². The SMILES string of the molecule is CONCc1ccc(Br)c(Br)c1. The Hall–Kier alpha value is 0.1000. The molecule has 1 aromatic carbocycles. The van der Waals surface area contributed by atoms with Gasteiger partial charge in [0.2, 0.25) is 0 Å². The van der Waals surface area contributed by atoms with Crippen LogP contribution in [0, 0.1) is 0 Å². The second kappa shape index (κ2) is 4.97. The third-order valence-corrected chi connectivity index (χ3v) is 3.28. The lowest BCUT2D eigenvalue weighted by molar-refractivity contribution is 0.0867. The van der Waals surface area contributed by atoms with Gasteiger partial charge in [0, 0.05) is 15.5 Å². The average Bonchev–Trinajstić information content (AvgIpc) is 2.07. The van der Waals surface area contributed by atoms with Crippen LogP contribution in [0.15, 0.2) is 27.1 Å². The lowest BCUT2D eigenvalue weighted by Crippen LogP contribution is -2.10. The third kappa shape index (κ3) is 2.86. The van der Waals surface area contributed by atoms with Gasteiger partial charge >= 0.3 is 0 Å². The van der Waals surface area contributed by atoms with E-state index >= 15 is 0 Å².